The Bertz CT molecular complexity index is 280. The Morgan fingerprint density at radius 1 is 1.50 bits per heavy atom. The van der Waals surface area contributed by atoms with Crippen LogP contribution in [0.25, 0.3) is 0 Å². The molecule has 4 heteroatoms. The number of nitrogens with two attached hydrogens (primary N) is 1. The van der Waals surface area contributed by atoms with Crippen LogP contribution in [0.2, 0.25) is 5.02 Å². The molecule has 1 atom stereocenters. The zero-order valence-electron chi connectivity index (χ0n) is 8.06. The van der Waals surface area contributed by atoms with Gasteiger partial charge in [-0.2, -0.15) is 0 Å². The highest BCUT2D eigenvalue weighted by molar-refractivity contribution is 6.30. The van der Waals surface area contributed by atoms with E-state index in [0.29, 0.717) is 17.3 Å². The molecule has 1 aromatic carbocycles. The molecule has 0 saturated carbocycles. The molecule has 0 aromatic heterocycles. The van der Waals surface area contributed by atoms with Crippen molar-refractivity contribution >= 4 is 17.3 Å². The lowest BCUT2D eigenvalue weighted by atomic mass is 10.2. The number of nitrogens with one attached hydrogen (secondary N) is 1. The smallest absolute Gasteiger partial charge is 0.126 e. The van der Waals surface area contributed by atoms with Gasteiger partial charge in [0.25, 0.3) is 0 Å². The molecule has 0 spiro atoms. The molecule has 14 heavy (non-hydrogen) atoms. The van der Waals surface area contributed by atoms with Gasteiger partial charge in [0, 0.05) is 23.3 Å². The van der Waals surface area contributed by atoms with E-state index in [1.165, 1.54) is 12.1 Å². The van der Waals surface area contributed by atoms with E-state index >= 15 is 0 Å². The fourth-order valence-corrected chi connectivity index (χ4v) is 1.42. The maximum absolute atomic E-state index is 12.9. The monoisotopic (exact) mass is 216 g/mol. The molecule has 0 bridgehead atoms. The van der Waals surface area contributed by atoms with E-state index in [1.54, 1.807) is 6.07 Å². The van der Waals surface area contributed by atoms with Crippen LogP contribution in [-0.2, 0) is 0 Å². The lowest BCUT2D eigenvalue weighted by molar-refractivity contribution is 0.627. The van der Waals surface area contributed by atoms with E-state index in [2.05, 4.69) is 5.32 Å². The molecular weight excluding hydrogens is 203 g/mol. The van der Waals surface area contributed by atoms with Crippen LogP contribution >= 0.6 is 11.6 Å². The van der Waals surface area contributed by atoms with Crippen molar-refractivity contribution < 1.29 is 4.39 Å². The molecule has 1 aromatic rings. The van der Waals surface area contributed by atoms with Crippen molar-refractivity contribution in [3.05, 3.63) is 29.0 Å². The molecule has 1 rings (SSSR count). The molecular formula is C10H14ClFN2. The van der Waals surface area contributed by atoms with Gasteiger partial charge >= 0.3 is 0 Å². The van der Waals surface area contributed by atoms with Crippen LogP contribution in [0.1, 0.15) is 13.3 Å². The van der Waals surface area contributed by atoms with Crippen molar-refractivity contribution in [2.24, 2.45) is 5.73 Å². The number of rotatable bonds is 4. The third-order valence-corrected chi connectivity index (χ3v) is 2.23. The fourth-order valence-electron chi connectivity index (χ4n) is 1.20. The minimum Gasteiger partial charge on any atom is -0.381 e. The second-order valence-corrected chi connectivity index (χ2v) is 3.58. The number of anilines is 1. The first-order valence-corrected chi connectivity index (χ1v) is 4.96. The Labute approximate surface area is 88.2 Å². The van der Waals surface area contributed by atoms with Gasteiger partial charge in [0.05, 0.1) is 0 Å². The number of benzene rings is 1. The fraction of sp³-hybridized carbons (Fsp3) is 0.400. The van der Waals surface area contributed by atoms with E-state index in [9.17, 15) is 4.39 Å². The van der Waals surface area contributed by atoms with Gasteiger partial charge in [-0.05, 0) is 24.6 Å². The summed E-state index contributed by atoms with van der Waals surface area (Å²) >= 11 is 5.71. The van der Waals surface area contributed by atoms with Gasteiger partial charge in [0.2, 0.25) is 0 Å². The summed E-state index contributed by atoms with van der Waals surface area (Å²) < 4.78 is 12.9. The first kappa shape index (κ1) is 11.3. The molecule has 0 heterocycles. The summed E-state index contributed by atoms with van der Waals surface area (Å²) in [7, 11) is 0. The van der Waals surface area contributed by atoms with Crippen molar-refractivity contribution in [1.29, 1.82) is 0 Å². The van der Waals surface area contributed by atoms with Crippen LogP contribution in [0.4, 0.5) is 10.1 Å². The van der Waals surface area contributed by atoms with Crippen molar-refractivity contribution in [3.8, 4) is 0 Å². The first-order valence-electron chi connectivity index (χ1n) is 4.58. The molecule has 0 aliphatic rings. The van der Waals surface area contributed by atoms with Gasteiger partial charge in [-0.3, -0.25) is 0 Å². The van der Waals surface area contributed by atoms with Crippen LogP contribution in [0.5, 0.6) is 0 Å². The van der Waals surface area contributed by atoms with E-state index in [4.69, 9.17) is 17.3 Å². The van der Waals surface area contributed by atoms with Gasteiger partial charge in [-0.1, -0.05) is 18.5 Å². The molecule has 3 N–H and O–H groups in total. The third-order valence-electron chi connectivity index (χ3n) is 2.01. The highest BCUT2D eigenvalue weighted by atomic mass is 35.5. The van der Waals surface area contributed by atoms with Crippen LogP contribution < -0.4 is 11.1 Å². The Balaban J connectivity index is 2.75. The quantitative estimate of drug-likeness (QED) is 0.812. The Morgan fingerprint density at radius 2 is 2.21 bits per heavy atom. The molecule has 1 unspecified atom stereocenters. The SMILES string of the molecule is CCC(CN)Nc1cc(F)cc(Cl)c1. The molecule has 0 saturated heterocycles. The van der Waals surface area contributed by atoms with Crippen LogP contribution in [-0.4, -0.2) is 12.6 Å². The second kappa shape index (κ2) is 5.17. The molecule has 0 fully saturated rings. The summed E-state index contributed by atoms with van der Waals surface area (Å²) in [6, 6.07) is 4.52. The molecule has 0 aliphatic carbocycles. The van der Waals surface area contributed by atoms with Gasteiger partial charge < -0.3 is 11.1 Å². The van der Waals surface area contributed by atoms with Crippen LogP contribution in [0, 0.1) is 5.82 Å². The minimum atomic E-state index is -0.341. The van der Waals surface area contributed by atoms with Gasteiger partial charge in [-0.15, -0.1) is 0 Å². The average molecular weight is 217 g/mol. The largest absolute Gasteiger partial charge is 0.381 e. The van der Waals surface area contributed by atoms with Crippen molar-refractivity contribution in [2.45, 2.75) is 19.4 Å². The molecule has 78 valence electrons. The number of hydrogen-bond donors (Lipinski definition) is 2. The lowest BCUT2D eigenvalue weighted by Gasteiger charge is -2.16. The van der Waals surface area contributed by atoms with Crippen molar-refractivity contribution in [3.63, 3.8) is 0 Å². The zero-order chi connectivity index (χ0) is 10.6. The molecule has 0 amide bonds. The second-order valence-electron chi connectivity index (χ2n) is 3.14. The van der Waals surface area contributed by atoms with E-state index in [0.717, 1.165) is 6.42 Å². The highest BCUT2D eigenvalue weighted by Gasteiger charge is 2.04. The zero-order valence-corrected chi connectivity index (χ0v) is 8.81. The maximum Gasteiger partial charge on any atom is 0.126 e. The van der Waals surface area contributed by atoms with Gasteiger partial charge in [-0.25, -0.2) is 4.39 Å². The summed E-state index contributed by atoms with van der Waals surface area (Å²) in [6.45, 7) is 2.54. The lowest BCUT2D eigenvalue weighted by Crippen LogP contribution is -2.27. The average Bonchev–Trinajstić information content (AvgIpc) is 2.12. The van der Waals surface area contributed by atoms with E-state index in [-0.39, 0.29) is 11.9 Å². The number of hydrogen-bond acceptors (Lipinski definition) is 2. The highest BCUT2D eigenvalue weighted by Crippen LogP contribution is 2.18. The van der Waals surface area contributed by atoms with E-state index < -0.39 is 0 Å². The maximum atomic E-state index is 12.9. The Kier molecular flexibility index (Phi) is 4.17. The molecule has 0 aliphatic heterocycles. The molecule has 0 radical (unpaired) electrons. The Hall–Kier alpha value is -0.800. The van der Waals surface area contributed by atoms with Crippen molar-refractivity contribution in [1.82, 2.24) is 0 Å². The van der Waals surface area contributed by atoms with Gasteiger partial charge in [0.15, 0.2) is 0 Å². The summed E-state index contributed by atoms with van der Waals surface area (Å²) in [5.41, 5.74) is 6.19. The third kappa shape index (κ3) is 3.16. The Morgan fingerprint density at radius 3 is 2.71 bits per heavy atom. The minimum absolute atomic E-state index is 0.160. The normalized spacial score (nSPS) is 12.6. The standard InChI is InChI=1S/C10H14ClFN2/c1-2-9(6-13)14-10-4-7(11)3-8(12)5-10/h3-5,9,14H,2,6,13H2,1H3. The summed E-state index contributed by atoms with van der Waals surface area (Å²) in [5.74, 6) is -0.341. The summed E-state index contributed by atoms with van der Waals surface area (Å²) in [6.07, 6.45) is 0.893. The predicted octanol–water partition coefficient (Wildman–Crippen LogP) is 2.63. The van der Waals surface area contributed by atoms with Crippen LogP contribution in [0.3, 0.4) is 0 Å². The first-order chi connectivity index (χ1) is 6.65. The van der Waals surface area contributed by atoms with E-state index in [1.807, 2.05) is 6.92 Å². The molecule has 2 nitrogen and oxygen atoms in total. The summed E-state index contributed by atoms with van der Waals surface area (Å²) in [5, 5.41) is 3.50. The predicted molar refractivity (Wildman–Crippen MR) is 58.2 cm³/mol. The van der Waals surface area contributed by atoms with Crippen molar-refractivity contribution in [2.75, 3.05) is 11.9 Å². The number of halogens is 2. The summed E-state index contributed by atoms with van der Waals surface area (Å²) in [4.78, 5) is 0. The van der Waals surface area contributed by atoms with Crippen LogP contribution in [0.15, 0.2) is 18.2 Å². The van der Waals surface area contributed by atoms with Gasteiger partial charge in [0.1, 0.15) is 5.82 Å². The topological polar surface area (TPSA) is 38.0 Å².